The van der Waals surface area contributed by atoms with E-state index in [1.807, 2.05) is 0 Å². The van der Waals surface area contributed by atoms with Gasteiger partial charge in [0.15, 0.2) is 5.78 Å². The summed E-state index contributed by atoms with van der Waals surface area (Å²) in [6, 6.07) is -0.564. The predicted octanol–water partition coefficient (Wildman–Crippen LogP) is 1.95. The molecular formula is C21H38N4O5. The Hall–Kier alpha value is -1.71. The van der Waals surface area contributed by atoms with Gasteiger partial charge in [-0.1, -0.05) is 64.7 Å². The molecule has 9 nitrogen and oxygen atoms in total. The second kappa shape index (κ2) is 12.2. The first-order valence-electron chi connectivity index (χ1n) is 11.3. The predicted molar refractivity (Wildman–Crippen MR) is 114 cm³/mol. The summed E-state index contributed by atoms with van der Waals surface area (Å²) in [7, 11) is 1.68. The van der Waals surface area contributed by atoms with Gasteiger partial charge in [-0.25, -0.2) is 4.79 Å². The zero-order valence-corrected chi connectivity index (χ0v) is 18.3. The molecule has 9 heteroatoms. The van der Waals surface area contributed by atoms with Crippen LogP contribution in [0.3, 0.4) is 0 Å². The van der Waals surface area contributed by atoms with E-state index in [1.54, 1.807) is 11.9 Å². The number of nitrogens with zero attached hydrogens (tertiary/aromatic N) is 3. The number of carbonyl (C=O) groups excluding carboxylic acids is 2. The van der Waals surface area contributed by atoms with Crippen LogP contribution < -0.4 is 5.73 Å². The number of carbonyl (C=O) groups is 2. The number of guanidine groups is 1. The molecule has 0 spiro atoms. The molecule has 0 aromatic carbocycles. The SMILES string of the molecule is CCCCCCCCCCCC(O)C(=O)[C@H]1O[C@@H](N2CN(C)C(N)=NC2=O)C[C@@H]1O. The molecule has 1 saturated heterocycles. The number of hydrogen-bond donors (Lipinski definition) is 3. The van der Waals surface area contributed by atoms with E-state index < -0.39 is 36.4 Å². The van der Waals surface area contributed by atoms with Gasteiger partial charge in [0.25, 0.3) is 0 Å². The van der Waals surface area contributed by atoms with E-state index in [4.69, 9.17) is 10.5 Å². The van der Waals surface area contributed by atoms with Crippen molar-refractivity contribution in [2.45, 2.75) is 102 Å². The molecule has 2 heterocycles. The number of aliphatic hydroxyl groups excluding tert-OH is 2. The number of amides is 2. The molecule has 2 amide bonds. The average molecular weight is 427 g/mol. The summed E-state index contributed by atoms with van der Waals surface area (Å²) < 4.78 is 5.65. The number of hydrogen-bond acceptors (Lipinski definition) is 7. The smallest absolute Gasteiger partial charge is 0.350 e. The number of aliphatic hydroxyl groups is 2. The number of nitrogens with two attached hydrogens (primary N) is 1. The first kappa shape index (κ1) is 24.6. The van der Waals surface area contributed by atoms with E-state index in [-0.39, 0.29) is 19.0 Å². The number of rotatable bonds is 13. The second-order valence-electron chi connectivity index (χ2n) is 8.41. The number of ketones is 1. The largest absolute Gasteiger partial charge is 0.390 e. The van der Waals surface area contributed by atoms with Gasteiger partial charge < -0.3 is 25.6 Å². The summed E-state index contributed by atoms with van der Waals surface area (Å²) in [5.74, 6) is -0.413. The van der Waals surface area contributed by atoms with Crippen molar-refractivity contribution in [2.75, 3.05) is 13.7 Å². The third-order valence-corrected chi connectivity index (χ3v) is 5.85. The highest BCUT2D eigenvalue weighted by Crippen LogP contribution is 2.27. The molecule has 1 unspecified atom stereocenters. The van der Waals surface area contributed by atoms with Crippen molar-refractivity contribution >= 4 is 17.8 Å². The third-order valence-electron chi connectivity index (χ3n) is 5.85. The van der Waals surface area contributed by atoms with E-state index in [1.165, 1.54) is 43.4 Å². The van der Waals surface area contributed by atoms with Gasteiger partial charge in [-0.2, -0.15) is 4.99 Å². The maximum Gasteiger partial charge on any atom is 0.350 e. The van der Waals surface area contributed by atoms with Gasteiger partial charge >= 0.3 is 6.03 Å². The molecule has 0 aromatic heterocycles. The molecular weight excluding hydrogens is 388 g/mol. The molecule has 0 radical (unpaired) electrons. The lowest BCUT2D eigenvalue weighted by Crippen LogP contribution is -2.53. The van der Waals surface area contributed by atoms with Gasteiger partial charge in [0.05, 0.1) is 12.8 Å². The van der Waals surface area contributed by atoms with Crippen molar-refractivity contribution in [3.05, 3.63) is 0 Å². The number of unbranched alkanes of at least 4 members (excludes halogenated alkanes) is 8. The van der Waals surface area contributed by atoms with Crippen LogP contribution in [-0.4, -0.2) is 76.0 Å². The van der Waals surface area contributed by atoms with Crippen LogP contribution in [0.1, 0.15) is 77.6 Å². The number of ether oxygens (including phenoxy) is 1. The van der Waals surface area contributed by atoms with Crippen LogP contribution >= 0.6 is 0 Å². The Morgan fingerprint density at radius 2 is 1.80 bits per heavy atom. The fraction of sp³-hybridized carbons (Fsp3) is 0.857. The van der Waals surface area contributed by atoms with Crippen LogP contribution in [0.4, 0.5) is 4.79 Å². The van der Waals surface area contributed by atoms with Crippen LogP contribution in [-0.2, 0) is 9.53 Å². The molecule has 4 atom stereocenters. The average Bonchev–Trinajstić information content (AvgIpc) is 3.10. The van der Waals surface area contributed by atoms with Crippen molar-refractivity contribution < 1.29 is 24.5 Å². The molecule has 0 bridgehead atoms. The van der Waals surface area contributed by atoms with E-state index in [0.29, 0.717) is 6.42 Å². The van der Waals surface area contributed by atoms with E-state index in [0.717, 1.165) is 19.3 Å². The fourth-order valence-corrected chi connectivity index (χ4v) is 3.91. The van der Waals surface area contributed by atoms with Crippen LogP contribution in [0.25, 0.3) is 0 Å². The van der Waals surface area contributed by atoms with Crippen LogP contribution in [0, 0.1) is 0 Å². The third kappa shape index (κ3) is 6.92. The minimum absolute atomic E-state index is 0.0934. The highest BCUT2D eigenvalue weighted by Gasteiger charge is 2.45. The first-order chi connectivity index (χ1) is 14.3. The zero-order valence-electron chi connectivity index (χ0n) is 18.3. The van der Waals surface area contributed by atoms with E-state index >= 15 is 0 Å². The van der Waals surface area contributed by atoms with Crippen molar-refractivity contribution in [3.63, 3.8) is 0 Å². The van der Waals surface area contributed by atoms with E-state index in [9.17, 15) is 19.8 Å². The Labute approximate surface area is 179 Å². The number of Topliss-reactive ketones (excluding diaryl/α,β-unsaturated/α-hetero) is 1. The summed E-state index contributed by atoms with van der Waals surface area (Å²) in [4.78, 5) is 31.3. The standard InChI is InChI=1S/C21H38N4O5/c1-3-4-5-6-7-8-9-10-11-12-15(26)18(28)19-16(27)13-17(30-19)25-14-24(2)20(22)23-21(25)29/h15-17,19,26-27H,3-14H2,1-2H3,(H2,22,23,29)/t15?,16-,17+,19-/m0/s1. The van der Waals surface area contributed by atoms with Gasteiger partial charge in [0, 0.05) is 13.5 Å². The van der Waals surface area contributed by atoms with Crippen molar-refractivity contribution in [1.82, 2.24) is 9.80 Å². The monoisotopic (exact) mass is 426 g/mol. The Morgan fingerprint density at radius 1 is 1.20 bits per heavy atom. The van der Waals surface area contributed by atoms with Crippen molar-refractivity contribution in [1.29, 1.82) is 0 Å². The molecule has 2 aliphatic rings. The summed E-state index contributed by atoms with van der Waals surface area (Å²) in [5, 5.41) is 20.5. The molecule has 0 saturated carbocycles. The van der Waals surface area contributed by atoms with Crippen LogP contribution in [0.2, 0.25) is 0 Å². The lowest BCUT2D eigenvalue weighted by Gasteiger charge is -2.34. The minimum Gasteiger partial charge on any atom is -0.390 e. The molecule has 0 aliphatic carbocycles. The molecule has 4 N–H and O–H groups in total. The highest BCUT2D eigenvalue weighted by molar-refractivity contribution is 5.93. The Balaban J connectivity index is 1.70. The maximum absolute atomic E-state index is 12.6. The molecule has 2 rings (SSSR count). The highest BCUT2D eigenvalue weighted by atomic mass is 16.5. The quantitative estimate of drug-likeness (QED) is 0.384. The lowest BCUT2D eigenvalue weighted by molar-refractivity contribution is -0.146. The Bertz CT molecular complexity index is 600. The lowest BCUT2D eigenvalue weighted by atomic mass is 9.99. The molecule has 30 heavy (non-hydrogen) atoms. The topological polar surface area (TPSA) is 129 Å². The molecule has 1 fully saturated rings. The van der Waals surface area contributed by atoms with E-state index in [2.05, 4.69) is 11.9 Å². The summed E-state index contributed by atoms with van der Waals surface area (Å²) in [5.41, 5.74) is 5.63. The second-order valence-corrected chi connectivity index (χ2v) is 8.41. The number of urea groups is 1. The Kier molecular flexibility index (Phi) is 10.0. The molecule has 2 aliphatic heterocycles. The zero-order chi connectivity index (χ0) is 22.1. The number of aliphatic imine (C=N–C) groups is 1. The van der Waals surface area contributed by atoms with Gasteiger partial charge in [0.2, 0.25) is 5.96 Å². The molecule has 0 aromatic rings. The molecule has 172 valence electrons. The maximum atomic E-state index is 12.6. The van der Waals surface area contributed by atoms with Crippen LogP contribution in [0.5, 0.6) is 0 Å². The van der Waals surface area contributed by atoms with Gasteiger partial charge in [0.1, 0.15) is 18.4 Å². The van der Waals surface area contributed by atoms with Crippen molar-refractivity contribution in [3.8, 4) is 0 Å². The summed E-state index contributed by atoms with van der Waals surface area (Å²) >= 11 is 0. The van der Waals surface area contributed by atoms with Gasteiger partial charge in [-0.3, -0.25) is 9.69 Å². The first-order valence-corrected chi connectivity index (χ1v) is 11.3. The Morgan fingerprint density at radius 3 is 2.43 bits per heavy atom. The minimum atomic E-state index is -1.17. The fourth-order valence-electron chi connectivity index (χ4n) is 3.91. The normalized spacial score (nSPS) is 25.5. The summed E-state index contributed by atoms with van der Waals surface area (Å²) in [6.07, 6.45) is 6.70. The van der Waals surface area contributed by atoms with Crippen LogP contribution in [0.15, 0.2) is 4.99 Å². The van der Waals surface area contributed by atoms with Gasteiger partial charge in [-0.15, -0.1) is 0 Å². The van der Waals surface area contributed by atoms with Crippen molar-refractivity contribution in [2.24, 2.45) is 10.7 Å². The van der Waals surface area contributed by atoms with Gasteiger partial charge in [-0.05, 0) is 6.42 Å². The summed E-state index contributed by atoms with van der Waals surface area (Å²) in [6.45, 7) is 2.37.